The van der Waals surface area contributed by atoms with Crippen molar-refractivity contribution in [2.75, 3.05) is 39.8 Å². The zero-order valence-electron chi connectivity index (χ0n) is 11.4. The van der Waals surface area contributed by atoms with Gasteiger partial charge in [-0.15, -0.1) is 0 Å². The van der Waals surface area contributed by atoms with Gasteiger partial charge in [0.1, 0.15) is 0 Å². The minimum absolute atomic E-state index is 0.00739. The third kappa shape index (κ3) is 3.92. The zero-order chi connectivity index (χ0) is 14.5. The van der Waals surface area contributed by atoms with E-state index in [-0.39, 0.29) is 18.4 Å². The monoisotopic (exact) mass is 387 g/mol. The van der Waals surface area contributed by atoms with Gasteiger partial charge < -0.3 is 15.1 Å². The van der Waals surface area contributed by atoms with Crippen molar-refractivity contribution in [2.24, 2.45) is 0 Å². The summed E-state index contributed by atoms with van der Waals surface area (Å²) >= 11 is 2.17. The lowest BCUT2D eigenvalue weighted by Gasteiger charge is -2.29. The molecule has 1 aromatic rings. The van der Waals surface area contributed by atoms with Gasteiger partial charge in [0.2, 0.25) is 5.91 Å². The van der Waals surface area contributed by atoms with E-state index in [4.69, 9.17) is 0 Å². The first-order valence-electron chi connectivity index (χ1n) is 6.57. The molecule has 0 unspecified atom stereocenters. The van der Waals surface area contributed by atoms with E-state index in [1.807, 2.05) is 18.2 Å². The predicted octanol–water partition coefficient (Wildman–Crippen LogP) is 0.795. The van der Waals surface area contributed by atoms with Gasteiger partial charge in [0.05, 0.1) is 6.54 Å². The summed E-state index contributed by atoms with van der Waals surface area (Å²) in [5, 5.41) is 3.20. The van der Waals surface area contributed by atoms with Crippen LogP contribution in [-0.4, -0.2) is 61.4 Å². The summed E-state index contributed by atoms with van der Waals surface area (Å²) in [5.74, 6) is -0.111. The number of nitrogens with zero attached hydrogens (tertiary/aromatic N) is 2. The smallest absolute Gasteiger partial charge is 0.254 e. The summed E-state index contributed by atoms with van der Waals surface area (Å²) in [4.78, 5) is 27.7. The quantitative estimate of drug-likeness (QED) is 0.781. The molecule has 20 heavy (non-hydrogen) atoms. The first-order valence-corrected chi connectivity index (χ1v) is 7.65. The highest BCUT2D eigenvalue weighted by Gasteiger charge is 2.20. The Morgan fingerprint density at radius 2 is 2.05 bits per heavy atom. The number of likely N-dealkylation sites (N-methyl/N-ethyl adjacent to an activating group) is 1. The van der Waals surface area contributed by atoms with Crippen molar-refractivity contribution >= 4 is 34.4 Å². The molecule has 1 fully saturated rings. The molecule has 2 rings (SSSR count). The second-order valence-corrected chi connectivity index (χ2v) is 6.05. The Morgan fingerprint density at radius 3 is 2.70 bits per heavy atom. The maximum atomic E-state index is 12.3. The topological polar surface area (TPSA) is 52.7 Å². The Hall–Kier alpha value is -1.15. The van der Waals surface area contributed by atoms with Crippen LogP contribution < -0.4 is 5.32 Å². The number of amides is 2. The molecule has 0 bridgehead atoms. The molecule has 1 N–H and O–H groups in total. The molecule has 1 aromatic carbocycles. The largest absolute Gasteiger partial charge is 0.339 e. The van der Waals surface area contributed by atoms with Crippen LogP contribution in [0.3, 0.4) is 0 Å². The summed E-state index contributed by atoms with van der Waals surface area (Å²) in [6, 6.07) is 7.38. The fourth-order valence-electron chi connectivity index (χ4n) is 2.13. The van der Waals surface area contributed by atoms with Crippen LogP contribution in [0.4, 0.5) is 0 Å². The minimum atomic E-state index is -0.119. The van der Waals surface area contributed by atoms with Crippen LogP contribution in [0.5, 0.6) is 0 Å². The van der Waals surface area contributed by atoms with Crippen molar-refractivity contribution in [1.82, 2.24) is 15.1 Å². The second-order valence-electron chi connectivity index (χ2n) is 4.80. The highest BCUT2D eigenvalue weighted by Crippen LogP contribution is 2.10. The van der Waals surface area contributed by atoms with Crippen molar-refractivity contribution in [2.45, 2.75) is 0 Å². The van der Waals surface area contributed by atoms with E-state index in [1.165, 1.54) is 4.90 Å². The van der Waals surface area contributed by atoms with E-state index >= 15 is 0 Å². The number of carbonyl (C=O) groups excluding carboxylic acids is 2. The number of rotatable bonds is 3. The van der Waals surface area contributed by atoms with Crippen LogP contribution in [0.15, 0.2) is 24.3 Å². The van der Waals surface area contributed by atoms with E-state index in [2.05, 4.69) is 27.9 Å². The number of benzene rings is 1. The average Bonchev–Trinajstić information content (AvgIpc) is 2.47. The Balaban J connectivity index is 1.95. The van der Waals surface area contributed by atoms with Crippen molar-refractivity contribution in [3.63, 3.8) is 0 Å². The van der Waals surface area contributed by atoms with Crippen molar-refractivity contribution in [3.8, 4) is 0 Å². The summed E-state index contributed by atoms with van der Waals surface area (Å²) < 4.78 is 1.01. The molecule has 1 aliphatic heterocycles. The lowest BCUT2D eigenvalue weighted by molar-refractivity contribution is -0.132. The molecular weight excluding hydrogens is 369 g/mol. The average molecular weight is 387 g/mol. The minimum Gasteiger partial charge on any atom is -0.339 e. The molecular formula is C14H18IN3O2. The van der Waals surface area contributed by atoms with Gasteiger partial charge in [0.15, 0.2) is 0 Å². The van der Waals surface area contributed by atoms with E-state index in [1.54, 1.807) is 18.0 Å². The molecule has 6 heteroatoms. The summed E-state index contributed by atoms with van der Waals surface area (Å²) in [5.41, 5.74) is 0.618. The molecule has 0 radical (unpaired) electrons. The highest BCUT2D eigenvalue weighted by atomic mass is 127. The van der Waals surface area contributed by atoms with Crippen molar-refractivity contribution in [3.05, 3.63) is 33.4 Å². The van der Waals surface area contributed by atoms with Crippen molar-refractivity contribution in [1.29, 1.82) is 0 Å². The molecule has 1 aliphatic rings. The zero-order valence-corrected chi connectivity index (χ0v) is 13.6. The van der Waals surface area contributed by atoms with Crippen LogP contribution in [0, 0.1) is 3.57 Å². The number of carbonyl (C=O) groups is 2. The Labute approximate surface area is 132 Å². The summed E-state index contributed by atoms with van der Waals surface area (Å²) in [6.07, 6.45) is 0. The van der Waals surface area contributed by atoms with Gasteiger partial charge in [-0.25, -0.2) is 0 Å². The molecule has 0 spiro atoms. The summed E-state index contributed by atoms with van der Waals surface area (Å²) in [6.45, 7) is 3.19. The van der Waals surface area contributed by atoms with Gasteiger partial charge in [0.25, 0.3) is 5.91 Å². The van der Waals surface area contributed by atoms with E-state index in [0.29, 0.717) is 18.7 Å². The van der Waals surface area contributed by atoms with E-state index < -0.39 is 0 Å². The third-order valence-electron chi connectivity index (χ3n) is 3.26. The standard InChI is InChI=1S/C14H18IN3O2/c1-17(10-13(19)18-7-5-16-6-8-18)14(20)11-3-2-4-12(15)9-11/h2-4,9,16H,5-8,10H2,1H3. The van der Waals surface area contributed by atoms with Gasteiger partial charge in [-0.2, -0.15) is 0 Å². The van der Waals surface area contributed by atoms with E-state index in [0.717, 1.165) is 16.7 Å². The first kappa shape index (κ1) is 15.2. The first-order chi connectivity index (χ1) is 9.58. The van der Waals surface area contributed by atoms with Gasteiger partial charge >= 0.3 is 0 Å². The molecule has 0 saturated carbocycles. The Kier molecular flexibility index (Phi) is 5.36. The molecule has 108 valence electrons. The molecule has 2 amide bonds. The molecule has 0 aromatic heterocycles. The van der Waals surface area contributed by atoms with Crippen LogP contribution in [-0.2, 0) is 4.79 Å². The van der Waals surface area contributed by atoms with Crippen LogP contribution in [0.25, 0.3) is 0 Å². The molecule has 0 atom stereocenters. The number of nitrogens with one attached hydrogen (secondary N) is 1. The van der Waals surface area contributed by atoms with Gasteiger partial charge in [-0.05, 0) is 40.8 Å². The lowest BCUT2D eigenvalue weighted by Crippen LogP contribution is -2.49. The number of hydrogen-bond acceptors (Lipinski definition) is 3. The highest BCUT2D eigenvalue weighted by molar-refractivity contribution is 14.1. The van der Waals surface area contributed by atoms with Gasteiger partial charge in [-0.1, -0.05) is 6.07 Å². The normalized spacial score (nSPS) is 15.0. The Bertz CT molecular complexity index is 501. The number of piperazine rings is 1. The predicted molar refractivity (Wildman–Crippen MR) is 85.6 cm³/mol. The van der Waals surface area contributed by atoms with Crippen LogP contribution in [0.1, 0.15) is 10.4 Å². The van der Waals surface area contributed by atoms with Gasteiger partial charge in [0, 0.05) is 42.4 Å². The SMILES string of the molecule is CN(CC(=O)N1CCNCC1)C(=O)c1cccc(I)c1. The molecule has 5 nitrogen and oxygen atoms in total. The Morgan fingerprint density at radius 1 is 1.35 bits per heavy atom. The van der Waals surface area contributed by atoms with Crippen LogP contribution in [0.2, 0.25) is 0 Å². The number of hydrogen-bond donors (Lipinski definition) is 1. The molecule has 0 aliphatic carbocycles. The number of halogens is 1. The lowest BCUT2D eigenvalue weighted by atomic mass is 10.2. The summed E-state index contributed by atoms with van der Waals surface area (Å²) in [7, 11) is 1.67. The van der Waals surface area contributed by atoms with Crippen LogP contribution >= 0.6 is 22.6 Å². The fourth-order valence-corrected chi connectivity index (χ4v) is 2.67. The van der Waals surface area contributed by atoms with Crippen molar-refractivity contribution < 1.29 is 9.59 Å². The van der Waals surface area contributed by atoms with E-state index in [9.17, 15) is 9.59 Å². The van der Waals surface area contributed by atoms with Gasteiger partial charge in [-0.3, -0.25) is 9.59 Å². The molecule has 1 heterocycles. The third-order valence-corrected chi connectivity index (χ3v) is 3.93. The maximum Gasteiger partial charge on any atom is 0.254 e. The fraction of sp³-hybridized carbons (Fsp3) is 0.429. The molecule has 1 saturated heterocycles. The second kappa shape index (κ2) is 7.03. The maximum absolute atomic E-state index is 12.3.